The minimum Gasteiger partial charge on any atom is -0.493 e. The molecule has 0 bridgehead atoms. The zero-order valence-corrected chi connectivity index (χ0v) is 24.8. The van der Waals surface area contributed by atoms with Crippen molar-refractivity contribution in [3.05, 3.63) is 77.9 Å². The Morgan fingerprint density at radius 1 is 1.00 bits per heavy atom. The number of nitrogens with two attached hydrogens (primary N) is 2. The summed E-state index contributed by atoms with van der Waals surface area (Å²) in [6, 6.07) is 17.8. The molecule has 11 heteroatoms. The number of piperidine rings is 1. The van der Waals surface area contributed by atoms with Crippen LogP contribution in [0.4, 0.5) is 0 Å². The van der Waals surface area contributed by atoms with Crippen molar-refractivity contribution in [3.8, 4) is 22.6 Å². The van der Waals surface area contributed by atoms with E-state index in [4.69, 9.17) is 26.4 Å². The van der Waals surface area contributed by atoms with Crippen molar-refractivity contribution in [3.63, 3.8) is 0 Å². The number of likely N-dealkylation sites (tertiary alicyclic amines) is 1. The van der Waals surface area contributed by atoms with Gasteiger partial charge in [0, 0.05) is 18.7 Å². The molecular formula is C31H39N5O5S. The number of nitrogen functional groups attached to an aromatic ring is 1. The molecule has 0 spiro atoms. The Balaban J connectivity index is 1.60. The number of hydrogen-bond donors (Lipinski definition) is 4. The molecule has 3 aromatic rings. The number of carbonyl (C=O) groups excluding carboxylic acids is 1. The lowest BCUT2D eigenvalue weighted by molar-refractivity contribution is -0.134. The SMILES string of the molecule is COc1ccc(-c2cccc(S(=O)(=O)NC(Cc3ccc(C(=N)N)cc3)C(=O)N3CCC(CCN)CC3)c2)cc1OC. The van der Waals surface area contributed by atoms with Crippen molar-refractivity contribution < 1.29 is 22.7 Å². The standard InChI is InChI=1S/C31H39N5O5S/c1-40-28-11-10-25(20-29(28)41-2)24-4-3-5-26(19-24)42(38,39)35-27(18-22-6-8-23(9-7-22)30(33)34)31(37)36-16-13-21(12-15-32)14-17-36/h3-11,19-21,27,35H,12-18,32H2,1-2H3,(H3,33,34). The van der Waals surface area contributed by atoms with Crippen molar-refractivity contribution in [1.29, 1.82) is 5.41 Å². The molecule has 1 aliphatic rings. The minimum absolute atomic E-state index is 0.0427. The van der Waals surface area contributed by atoms with E-state index in [1.54, 1.807) is 60.5 Å². The Morgan fingerprint density at radius 3 is 2.29 bits per heavy atom. The van der Waals surface area contributed by atoms with Crippen LogP contribution < -0.4 is 25.7 Å². The normalized spacial score (nSPS) is 14.8. The first kappa shape index (κ1) is 31.0. The van der Waals surface area contributed by atoms with Gasteiger partial charge in [-0.05, 0) is 79.1 Å². The molecule has 4 rings (SSSR count). The van der Waals surface area contributed by atoms with Crippen LogP contribution >= 0.6 is 0 Å². The first-order valence-electron chi connectivity index (χ1n) is 13.9. The summed E-state index contributed by atoms with van der Waals surface area (Å²) in [5.74, 6) is 1.23. The third-order valence-electron chi connectivity index (χ3n) is 7.66. The van der Waals surface area contributed by atoms with Gasteiger partial charge in [-0.15, -0.1) is 0 Å². The molecule has 1 aliphatic heterocycles. The van der Waals surface area contributed by atoms with Crippen molar-refractivity contribution in [2.45, 2.75) is 36.6 Å². The molecule has 1 amide bonds. The summed E-state index contributed by atoms with van der Waals surface area (Å²) in [4.78, 5) is 15.5. The zero-order valence-electron chi connectivity index (χ0n) is 24.0. The van der Waals surface area contributed by atoms with Gasteiger partial charge in [-0.25, -0.2) is 8.42 Å². The van der Waals surface area contributed by atoms with Crippen molar-refractivity contribution >= 4 is 21.8 Å². The number of sulfonamides is 1. The number of carbonyl (C=O) groups is 1. The molecule has 1 saturated heterocycles. The van der Waals surface area contributed by atoms with Gasteiger partial charge in [-0.2, -0.15) is 4.72 Å². The predicted molar refractivity (Wildman–Crippen MR) is 163 cm³/mol. The van der Waals surface area contributed by atoms with E-state index in [9.17, 15) is 13.2 Å². The Labute approximate surface area is 247 Å². The average molecular weight is 594 g/mol. The van der Waals surface area contributed by atoms with Crippen molar-refractivity contribution in [2.75, 3.05) is 33.9 Å². The van der Waals surface area contributed by atoms with Crippen LogP contribution in [0.3, 0.4) is 0 Å². The summed E-state index contributed by atoms with van der Waals surface area (Å²) >= 11 is 0. The molecule has 1 unspecified atom stereocenters. The monoisotopic (exact) mass is 593 g/mol. The van der Waals surface area contributed by atoms with Gasteiger partial charge in [0.1, 0.15) is 11.9 Å². The highest BCUT2D eigenvalue weighted by atomic mass is 32.2. The lowest BCUT2D eigenvalue weighted by Gasteiger charge is -2.34. The predicted octanol–water partition coefficient (Wildman–Crippen LogP) is 3.13. The first-order chi connectivity index (χ1) is 20.1. The molecule has 1 heterocycles. The third kappa shape index (κ3) is 7.47. The van der Waals surface area contributed by atoms with Crippen LogP contribution in [-0.2, 0) is 21.2 Å². The molecule has 42 heavy (non-hydrogen) atoms. The van der Waals surface area contributed by atoms with E-state index in [0.717, 1.165) is 30.4 Å². The van der Waals surface area contributed by atoms with Gasteiger partial charge in [0.15, 0.2) is 11.5 Å². The molecule has 0 saturated carbocycles. The maximum Gasteiger partial charge on any atom is 0.241 e. The van der Waals surface area contributed by atoms with Gasteiger partial charge >= 0.3 is 0 Å². The molecule has 224 valence electrons. The van der Waals surface area contributed by atoms with Gasteiger partial charge < -0.3 is 25.8 Å². The number of amidine groups is 1. The smallest absolute Gasteiger partial charge is 0.241 e. The van der Waals surface area contributed by atoms with Crippen LogP contribution in [0.5, 0.6) is 11.5 Å². The zero-order chi connectivity index (χ0) is 30.3. The van der Waals surface area contributed by atoms with E-state index in [2.05, 4.69) is 4.72 Å². The average Bonchev–Trinajstić information content (AvgIpc) is 3.00. The topological polar surface area (TPSA) is 161 Å². The first-order valence-corrected chi connectivity index (χ1v) is 15.4. The Bertz CT molecular complexity index is 1500. The second kappa shape index (κ2) is 13.8. The fourth-order valence-corrected chi connectivity index (χ4v) is 6.48. The van der Waals surface area contributed by atoms with E-state index < -0.39 is 16.1 Å². The maximum absolute atomic E-state index is 13.8. The lowest BCUT2D eigenvalue weighted by Crippen LogP contribution is -2.51. The van der Waals surface area contributed by atoms with E-state index in [1.807, 2.05) is 12.1 Å². The summed E-state index contributed by atoms with van der Waals surface area (Å²) in [7, 11) is -0.998. The summed E-state index contributed by atoms with van der Waals surface area (Å²) < 4.78 is 40.9. The number of ether oxygens (including phenoxy) is 2. The summed E-state index contributed by atoms with van der Waals surface area (Å²) in [6.07, 6.45) is 2.73. The molecule has 1 fully saturated rings. The number of nitrogens with one attached hydrogen (secondary N) is 2. The molecule has 1 atom stereocenters. The summed E-state index contributed by atoms with van der Waals surface area (Å²) in [5, 5.41) is 7.64. The number of benzene rings is 3. The van der Waals surface area contributed by atoms with E-state index >= 15 is 0 Å². The van der Waals surface area contributed by atoms with Crippen LogP contribution in [0.15, 0.2) is 71.6 Å². The van der Waals surface area contributed by atoms with Gasteiger partial charge in [-0.3, -0.25) is 10.2 Å². The quantitative estimate of drug-likeness (QED) is 0.185. The van der Waals surface area contributed by atoms with Crippen LogP contribution in [0.25, 0.3) is 11.1 Å². The molecular weight excluding hydrogens is 554 g/mol. The Kier molecular flexibility index (Phi) is 10.2. The van der Waals surface area contributed by atoms with Crippen molar-refractivity contribution in [2.24, 2.45) is 17.4 Å². The van der Waals surface area contributed by atoms with Crippen LogP contribution in [0.1, 0.15) is 30.4 Å². The molecule has 10 nitrogen and oxygen atoms in total. The van der Waals surface area contributed by atoms with Gasteiger partial charge in [0.25, 0.3) is 0 Å². The van der Waals surface area contributed by atoms with Gasteiger partial charge in [0.05, 0.1) is 19.1 Å². The Hall–Kier alpha value is -3.93. The fraction of sp³-hybridized carbons (Fsp3) is 0.355. The minimum atomic E-state index is -4.09. The van der Waals surface area contributed by atoms with Crippen molar-refractivity contribution in [1.82, 2.24) is 9.62 Å². The number of nitrogens with zero attached hydrogens (tertiary/aromatic N) is 1. The number of rotatable bonds is 12. The fourth-order valence-electron chi connectivity index (χ4n) is 5.25. The van der Waals surface area contributed by atoms with Gasteiger partial charge in [-0.1, -0.05) is 42.5 Å². The summed E-state index contributed by atoms with van der Waals surface area (Å²) in [5.41, 5.74) is 14.0. The number of amides is 1. The molecule has 3 aromatic carbocycles. The van der Waals surface area contributed by atoms with Crippen LogP contribution in [-0.4, -0.2) is 65.0 Å². The second-order valence-corrected chi connectivity index (χ2v) is 12.1. The van der Waals surface area contributed by atoms with Gasteiger partial charge in [0.2, 0.25) is 15.9 Å². The van der Waals surface area contributed by atoms with E-state index in [1.165, 1.54) is 13.2 Å². The van der Waals surface area contributed by atoms with Crippen LogP contribution in [0.2, 0.25) is 0 Å². The maximum atomic E-state index is 13.8. The Morgan fingerprint density at radius 2 is 1.67 bits per heavy atom. The third-order valence-corrected chi connectivity index (χ3v) is 9.13. The summed E-state index contributed by atoms with van der Waals surface area (Å²) in [6.45, 7) is 1.72. The highest BCUT2D eigenvalue weighted by Crippen LogP contribution is 2.33. The second-order valence-electron chi connectivity index (χ2n) is 10.4. The van der Waals surface area contributed by atoms with Crippen LogP contribution in [0, 0.1) is 11.3 Å². The number of hydrogen-bond acceptors (Lipinski definition) is 7. The number of methoxy groups -OCH3 is 2. The van der Waals surface area contributed by atoms with E-state index in [-0.39, 0.29) is 23.1 Å². The highest BCUT2D eigenvalue weighted by Gasteiger charge is 2.32. The highest BCUT2D eigenvalue weighted by molar-refractivity contribution is 7.89. The molecule has 0 radical (unpaired) electrons. The lowest BCUT2D eigenvalue weighted by atomic mass is 9.93. The molecule has 6 N–H and O–H groups in total. The molecule has 0 aliphatic carbocycles. The molecule has 0 aromatic heterocycles. The van der Waals surface area contributed by atoms with E-state index in [0.29, 0.717) is 48.2 Å². The largest absolute Gasteiger partial charge is 0.493 e.